The maximum Gasteiger partial charge on any atom is 0.413 e. The van der Waals surface area contributed by atoms with Crippen molar-refractivity contribution in [2.45, 2.75) is 20.3 Å². The van der Waals surface area contributed by atoms with E-state index in [1.54, 1.807) is 18.5 Å². The van der Waals surface area contributed by atoms with Crippen LogP contribution in [0, 0.1) is 6.92 Å². The molecule has 3 rings (SSSR count). The Morgan fingerprint density at radius 3 is 2.85 bits per heavy atom. The number of aromatic amines is 1. The summed E-state index contributed by atoms with van der Waals surface area (Å²) in [6.07, 6.45) is 3.88. The number of amides is 1. The van der Waals surface area contributed by atoms with E-state index in [4.69, 9.17) is 4.74 Å². The lowest BCUT2D eigenvalue weighted by Crippen LogP contribution is -2.27. The van der Waals surface area contributed by atoms with Gasteiger partial charge >= 0.3 is 6.09 Å². The molecule has 0 atom stereocenters. The monoisotopic (exact) mass is 351 g/mol. The summed E-state index contributed by atoms with van der Waals surface area (Å²) in [4.78, 5) is 23.5. The van der Waals surface area contributed by atoms with Gasteiger partial charge in [0, 0.05) is 36.3 Å². The molecule has 2 heterocycles. The fraction of sp³-hybridized carbons (Fsp3) is 0.211. The molecule has 0 bridgehead atoms. The fourth-order valence-electron chi connectivity index (χ4n) is 2.38. The zero-order valence-corrected chi connectivity index (χ0v) is 14.7. The van der Waals surface area contributed by atoms with Crippen LogP contribution >= 0.6 is 0 Å². The van der Waals surface area contributed by atoms with Crippen LogP contribution in [0.1, 0.15) is 18.9 Å². The first kappa shape index (κ1) is 17.5. The highest BCUT2D eigenvalue weighted by molar-refractivity contribution is 5.71. The minimum absolute atomic E-state index is 0.365. The van der Waals surface area contributed by atoms with Gasteiger partial charge in [0.1, 0.15) is 0 Å². The number of aryl methyl sites for hydroxylation is 1. The van der Waals surface area contributed by atoms with Crippen LogP contribution in [0.4, 0.5) is 16.4 Å². The van der Waals surface area contributed by atoms with E-state index in [9.17, 15) is 4.79 Å². The molecule has 0 fully saturated rings. The average molecular weight is 351 g/mol. The summed E-state index contributed by atoms with van der Waals surface area (Å²) in [6, 6.07) is 11.5. The number of anilines is 2. The van der Waals surface area contributed by atoms with Gasteiger partial charge in [0.2, 0.25) is 11.8 Å². The second-order valence-electron chi connectivity index (χ2n) is 5.79. The number of H-pyrrole nitrogens is 1. The quantitative estimate of drug-likeness (QED) is 0.624. The Balaban J connectivity index is 1.76. The van der Waals surface area contributed by atoms with Crippen molar-refractivity contribution in [3.8, 4) is 17.1 Å². The fourth-order valence-corrected chi connectivity index (χ4v) is 2.38. The first-order valence-corrected chi connectivity index (χ1v) is 8.46. The van der Waals surface area contributed by atoms with Crippen LogP contribution in [0.2, 0.25) is 0 Å². The van der Waals surface area contributed by atoms with E-state index in [0.29, 0.717) is 18.4 Å². The predicted octanol–water partition coefficient (Wildman–Crippen LogP) is 4.02. The predicted molar refractivity (Wildman–Crippen MR) is 101 cm³/mol. The van der Waals surface area contributed by atoms with Crippen LogP contribution in [0.15, 0.2) is 48.8 Å². The van der Waals surface area contributed by atoms with E-state index >= 15 is 0 Å². The third-order valence-corrected chi connectivity index (χ3v) is 3.65. The molecule has 0 unspecified atom stereocenters. The highest BCUT2D eigenvalue weighted by Crippen LogP contribution is 2.26. The Bertz CT molecular complexity index is 877. The number of aromatic nitrogens is 3. The largest absolute Gasteiger partial charge is 0.413 e. The van der Waals surface area contributed by atoms with Crippen molar-refractivity contribution in [2.24, 2.45) is 0 Å². The van der Waals surface area contributed by atoms with Gasteiger partial charge in [0.25, 0.3) is 0 Å². The van der Waals surface area contributed by atoms with Crippen molar-refractivity contribution in [1.82, 2.24) is 20.3 Å². The number of carbonyl (C=O) groups excluding carboxylic acids is 1. The van der Waals surface area contributed by atoms with Crippen LogP contribution in [0.3, 0.4) is 0 Å². The molecule has 1 amide bonds. The molecule has 134 valence electrons. The number of para-hydroxylation sites is 1. The van der Waals surface area contributed by atoms with Crippen molar-refractivity contribution in [2.75, 3.05) is 11.9 Å². The van der Waals surface area contributed by atoms with Crippen molar-refractivity contribution in [3.63, 3.8) is 0 Å². The van der Waals surface area contributed by atoms with E-state index in [1.165, 1.54) is 0 Å². The van der Waals surface area contributed by atoms with Crippen LogP contribution in [0.25, 0.3) is 11.3 Å². The second-order valence-corrected chi connectivity index (χ2v) is 5.79. The maximum atomic E-state index is 11.7. The number of hydrogen-bond acceptors (Lipinski definition) is 5. The molecule has 0 spiro atoms. The third-order valence-electron chi connectivity index (χ3n) is 3.65. The number of benzene rings is 1. The lowest BCUT2D eigenvalue weighted by atomic mass is 10.1. The minimum atomic E-state index is -0.480. The molecule has 7 nitrogen and oxygen atoms in total. The van der Waals surface area contributed by atoms with Gasteiger partial charge in [-0.2, -0.15) is 0 Å². The van der Waals surface area contributed by atoms with E-state index in [1.807, 2.05) is 44.2 Å². The van der Waals surface area contributed by atoms with E-state index in [0.717, 1.165) is 28.9 Å². The second kappa shape index (κ2) is 8.15. The molecule has 0 aliphatic carbocycles. The summed E-state index contributed by atoms with van der Waals surface area (Å²) in [7, 11) is 0. The summed E-state index contributed by atoms with van der Waals surface area (Å²) in [5.74, 6) is 0.866. The van der Waals surface area contributed by atoms with Crippen molar-refractivity contribution < 1.29 is 9.53 Å². The SMILES string of the molecule is CCCNC(=O)Oc1cc(-c2nc(Nc3ccccc3)ncc2C)c[nH]1. The van der Waals surface area contributed by atoms with Crippen molar-refractivity contribution in [3.05, 3.63) is 54.4 Å². The molecule has 0 saturated heterocycles. The molecule has 3 N–H and O–H groups in total. The van der Waals surface area contributed by atoms with Crippen LogP contribution in [-0.4, -0.2) is 27.6 Å². The molecule has 26 heavy (non-hydrogen) atoms. The highest BCUT2D eigenvalue weighted by atomic mass is 16.6. The smallest absolute Gasteiger partial charge is 0.393 e. The van der Waals surface area contributed by atoms with Crippen LogP contribution in [0.5, 0.6) is 5.88 Å². The molecule has 2 aromatic heterocycles. The Labute approximate surface area is 151 Å². The molecule has 7 heteroatoms. The number of hydrogen-bond donors (Lipinski definition) is 3. The Morgan fingerprint density at radius 1 is 1.27 bits per heavy atom. The molecule has 1 aromatic carbocycles. The van der Waals surface area contributed by atoms with Gasteiger partial charge in [-0.3, -0.25) is 0 Å². The molecular weight excluding hydrogens is 330 g/mol. The molecule has 3 aromatic rings. The molecule has 0 aliphatic rings. The summed E-state index contributed by atoms with van der Waals surface area (Å²) in [5.41, 5.74) is 3.41. The number of rotatable bonds is 6. The summed E-state index contributed by atoms with van der Waals surface area (Å²) >= 11 is 0. The number of ether oxygens (including phenoxy) is 1. The third kappa shape index (κ3) is 4.38. The Morgan fingerprint density at radius 2 is 2.08 bits per heavy atom. The van der Waals surface area contributed by atoms with Gasteiger partial charge in [-0.25, -0.2) is 14.8 Å². The standard InChI is InChI=1S/C19H21N5O2/c1-3-9-20-19(25)26-16-10-14(12-21-16)17-13(2)11-22-18(24-17)23-15-7-5-4-6-8-15/h4-8,10-12,21H,3,9H2,1-2H3,(H,20,25)(H,22,23,24). The maximum absolute atomic E-state index is 11.7. The number of carbonyl (C=O) groups is 1. The van der Waals surface area contributed by atoms with Gasteiger partial charge in [-0.05, 0) is 31.0 Å². The number of nitrogens with one attached hydrogen (secondary N) is 3. The zero-order chi connectivity index (χ0) is 18.4. The van der Waals surface area contributed by atoms with E-state index < -0.39 is 6.09 Å². The van der Waals surface area contributed by atoms with Crippen LogP contribution in [-0.2, 0) is 0 Å². The van der Waals surface area contributed by atoms with Gasteiger partial charge in [-0.15, -0.1) is 0 Å². The molecule has 0 saturated carbocycles. The first-order chi connectivity index (χ1) is 12.7. The van der Waals surface area contributed by atoms with E-state index in [2.05, 4.69) is 25.6 Å². The van der Waals surface area contributed by atoms with E-state index in [-0.39, 0.29) is 0 Å². The lowest BCUT2D eigenvalue weighted by Gasteiger charge is -2.08. The highest BCUT2D eigenvalue weighted by Gasteiger charge is 2.11. The topological polar surface area (TPSA) is 91.9 Å². The minimum Gasteiger partial charge on any atom is -0.393 e. The normalized spacial score (nSPS) is 10.4. The number of nitrogens with zero attached hydrogens (tertiary/aromatic N) is 2. The molecular formula is C19H21N5O2. The lowest BCUT2D eigenvalue weighted by molar-refractivity contribution is 0.199. The van der Waals surface area contributed by atoms with Gasteiger partial charge in [0.05, 0.1) is 5.69 Å². The summed E-state index contributed by atoms with van der Waals surface area (Å²) in [6.45, 7) is 4.49. The van der Waals surface area contributed by atoms with Gasteiger partial charge < -0.3 is 20.4 Å². The first-order valence-electron chi connectivity index (χ1n) is 8.46. The molecule has 0 aliphatic heterocycles. The Hall–Kier alpha value is -3.35. The van der Waals surface area contributed by atoms with Gasteiger partial charge in [0.15, 0.2) is 0 Å². The van der Waals surface area contributed by atoms with Gasteiger partial charge in [-0.1, -0.05) is 25.1 Å². The molecule has 0 radical (unpaired) electrons. The van der Waals surface area contributed by atoms with Crippen LogP contribution < -0.4 is 15.4 Å². The Kier molecular flexibility index (Phi) is 5.48. The summed E-state index contributed by atoms with van der Waals surface area (Å²) < 4.78 is 5.22. The zero-order valence-electron chi connectivity index (χ0n) is 14.7. The summed E-state index contributed by atoms with van der Waals surface area (Å²) in [5, 5.41) is 5.84. The van der Waals surface area contributed by atoms with Crippen molar-refractivity contribution >= 4 is 17.7 Å². The average Bonchev–Trinajstić information content (AvgIpc) is 3.10. The van der Waals surface area contributed by atoms with Crippen molar-refractivity contribution in [1.29, 1.82) is 0 Å².